The molecular formula is C18H35N3O13. The molecule has 34 heavy (non-hydrogen) atoms. The van der Waals surface area contributed by atoms with Crippen LogP contribution in [0.15, 0.2) is 0 Å². The molecule has 0 aromatic rings. The SMILES string of the molecule is N[C@H]1[C@H](O[C@@H]2[C@@H](N)[C@H](O[C@@H]([C@H](O)[C@H](O)CO)[C@@H](N)C=O)O[C@H](CO)[C@H]2O)O[C@H](CO)[C@@H](O)[C@@H]1O. The van der Waals surface area contributed by atoms with Crippen LogP contribution in [0.4, 0.5) is 0 Å². The van der Waals surface area contributed by atoms with Crippen molar-refractivity contribution in [2.24, 2.45) is 17.2 Å². The molecule has 0 radical (unpaired) electrons. The summed E-state index contributed by atoms with van der Waals surface area (Å²) in [6, 6.07) is -4.22. The summed E-state index contributed by atoms with van der Waals surface area (Å²) in [5, 5.41) is 78.7. The number of aliphatic hydroxyl groups excluding tert-OH is 8. The Morgan fingerprint density at radius 1 is 0.882 bits per heavy atom. The van der Waals surface area contributed by atoms with E-state index < -0.39 is 105 Å². The van der Waals surface area contributed by atoms with Crippen LogP contribution >= 0.6 is 0 Å². The average molecular weight is 501 g/mol. The molecule has 2 saturated heterocycles. The number of hydrogen-bond donors (Lipinski definition) is 11. The van der Waals surface area contributed by atoms with Gasteiger partial charge in [-0.15, -0.1) is 0 Å². The number of nitrogens with two attached hydrogens (primary N) is 3. The molecule has 16 heteroatoms. The lowest BCUT2D eigenvalue weighted by atomic mass is 9.95. The molecule has 0 saturated carbocycles. The highest BCUT2D eigenvalue weighted by atomic mass is 16.7. The van der Waals surface area contributed by atoms with E-state index in [2.05, 4.69) is 0 Å². The van der Waals surface area contributed by atoms with Gasteiger partial charge >= 0.3 is 0 Å². The number of aldehydes is 1. The summed E-state index contributed by atoms with van der Waals surface area (Å²) in [6.07, 6.45) is -16.8. The van der Waals surface area contributed by atoms with E-state index in [0.29, 0.717) is 0 Å². The minimum atomic E-state index is -1.85. The van der Waals surface area contributed by atoms with Crippen LogP contribution in [0.5, 0.6) is 0 Å². The van der Waals surface area contributed by atoms with Crippen LogP contribution in [0, 0.1) is 0 Å². The zero-order valence-electron chi connectivity index (χ0n) is 18.1. The van der Waals surface area contributed by atoms with E-state index in [0.717, 1.165) is 0 Å². The molecule has 200 valence electrons. The van der Waals surface area contributed by atoms with Crippen LogP contribution < -0.4 is 17.2 Å². The standard InChI is InChI=1S/C18H35N3O13/c19-5(1-22)15(11(27)6(26)2-23)33-18-10(21)16(13(29)8(4-25)32-18)34-17-9(20)14(30)12(28)7(3-24)31-17/h1,5-18,23-30H,2-4,19-21H2/t5-,6+,7+,8+,9+,10+,11+,12+,13+,14+,15+,16+,17-,18-/m0/s1. The van der Waals surface area contributed by atoms with Gasteiger partial charge in [-0.05, 0) is 0 Å². The number of carbonyl (C=O) groups excluding carboxylic acids is 1. The fourth-order valence-corrected chi connectivity index (χ4v) is 3.72. The second-order valence-corrected chi connectivity index (χ2v) is 8.23. The fourth-order valence-electron chi connectivity index (χ4n) is 3.72. The summed E-state index contributed by atoms with van der Waals surface area (Å²) in [6.45, 7) is -2.32. The number of rotatable bonds is 11. The van der Waals surface area contributed by atoms with Gasteiger partial charge in [-0.1, -0.05) is 0 Å². The minimum Gasteiger partial charge on any atom is -0.394 e. The quantitative estimate of drug-likeness (QED) is 0.117. The zero-order valence-corrected chi connectivity index (χ0v) is 18.1. The van der Waals surface area contributed by atoms with Crippen molar-refractivity contribution in [3.8, 4) is 0 Å². The zero-order chi connectivity index (χ0) is 25.7. The summed E-state index contributed by atoms with van der Waals surface area (Å²) in [7, 11) is 0. The van der Waals surface area contributed by atoms with E-state index in [1.165, 1.54) is 0 Å². The van der Waals surface area contributed by atoms with Crippen LogP contribution in [0.25, 0.3) is 0 Å². The normalized spacial score (nSPS) is 42.6. The van der Waals surface area contributed by atoms with Crippen molar-refractivity contribution in [3.63, 3.8) is 0 Å². The molecule has 0 aromatic carbocycles. The van der Waals surface area contributed by atoms with Gasteiger partial charge in [0, 0.05) is 0 Å². The molecule has 14 atom stereocenters. The highest BCUT2D eigenvalue weighted by Crippen LogP contribution is 2.29. The molecule has 2 aliphatic heterocycles. The first-order valence-electron chi connectivity index (χ1n) is 10.6. The predicted molar refractivity (Wildman–Crippen MR) is 108 cm³/mol. The Balaban J connectivity index is 2.25. The third-order valence-electron chi connectivity index (χ3n) is 5.87. The smallest absolute Gasteiger partial charge is 0.176 e. The van der Waals surface area contributed by atoms with Crippen LogP contribution in [0.1, 0.15) is 0 Å². The number of aliphatic hydroxyl groups is 8. The van der Waals surface area contributed by atoms with Crippen molar-refractivity contribution in [2.75, 3.05) is 19.8 Å². The van der Waals surface area contributed by atoms with Crippen LogP contribution in [0.3, 0.4) is 0 Å². The first-order valence-corrected chi connectivity index (χ1v) is 10.6. The molecule has 2 rings (SSSR count). The lowest BCUT2D eigenvalue weighted by Crippen LogP contribution is -2.68. The third-order valence-corrected chi connectivity index (χ3v) is 5.87. The van der Waals surface area contributed by atoms with Gasteiger partial charge in [0.2, 0.25) is 0 Å². The number of carbonyl (C=O) groups is 1. The lowest BCUT2D eigenvalue weighted by Gasteiger charge is -2.47. The van der Waals surface area contributed by atoms with Crippen LogP contribution in [0.2, 0.25) is 0 Å². The van der Waals surface area contributed by atoms with Gasteiger partial charge in [0.05, 0.1) is 37.9 Å². The molecular weight excluding hydrogens is 466 g/mol. The topological polar surface area (TPSA) is 294 Å². The summed E-state index contributed by atoms with van der Waals surface area (Å²) < 4.78 is 22.0. The number of ether oxygens (including phenoxy) is 4. The summed E-state index contributed by atoms with van der Waals surface area (Å²) in [5.74, 6) is 0. The molecule has 2 heterocycles. The van der Waals surface area contributed by atoms with Crippen LogP contribution in [-0.4, -0.2) is 153 Å². The Labute approximate surface area is 194 Å². The van der Waals surface area contributed by atoms with E-state index in [1.54, 1.807) is 0 Å². The third kappa shape index (κ3) is 6.25. The lowest BCUT2D eigenvalue weighted by molar-refractivity contribution is -0.332. The summed E-state index contributed by atoms with van der Waals surface area (Å²) >= 11 is 0. The fraction of sp³-hybridized carbons (Fsp3) is 0.944. The van der Waals surface area contributed by atoms with Gasteiger partial charge in [-0.25, -0.2) is 0 Å². The highest BCUT2D eigenvalue weighted by molar-refractivity contribution is 5.58. The van der Waals surface area contributed by atoms with Gasteiger partial charge in [-0.3, -0.25) is 0 Å². The minimum absolute atomic E-state index is 0.218. The summed E-state index contributed by atoms with van der Waals surface area (Å²) in [4.78, 5) is 11.2. The Bertz CT molecular complexity index is 634. The van der Waals surface area contributed by atoms with Crippen molar-refractivity contribution >= 4 is 6.29 Å². The molecule has 0 aliphatic carbocycles. The van der Waals surface area contributed by atoms with Crippen molar-refractivity contribution in [2.45, 2.75) is 85.6 Å². The summed E-state index contributed by atoms with van der Waals surface area (Å²) in [5.41, 5.74) is 17.6. The second kappa shape index (κ2) is 12.9. The van der Waals surface area contributed by atoms with E-state index in [1.807, 2.05) is 0 Å². The Hall–Kier alpha value is -0.930. The van der Waals surface area contributed by atoms with E-state index >= 15 is 0 Å². The van der Waals surface area contributed by atoms with E-state index in [-0.39, 0.29) is 6.29 Å². The Morgan fingerprint density at radius 3 is 1.97 bits per heavy atom. The molecule has 2 aliphatic rings. The van der Waals surface area contributed by atoms with Gasteiger partial charge in [0.1, 0.15) is 61.2 Å². The molecule has 16 nitrogen and oxygen atoms in total. The first kappa shape index (κ1) is 29.3. The van der Waals surface area contributed by atoms with Gasteiger partial charge in [-0.2, -0.15) is 0 Å². The monoisotopic (exact) mass is 501 g/mol. The van der Waals surface area contributed by atoms with Gasteiger partial charge in [0.15, 0.2) is 12.6 Å². The Kier molecular flexibility index (Phi) is 11.1. The maximum absolute atomic E-state index is 11.2. The molecule has 0 amide bonds. The van der Waals surface area contributed by atoms with Crippen molar-refractivity contribution in [1.29, 1.82) is 0 Å². The van der Waals surface area contributed by atoms with Crippen molar-refractivity contribution in [3.05, 3.63) is 0 Å². The van der Waals surface area contributed by atoms with Crippen molar-refractivity contribution < 1.29 is 64.6 Å². The number of hydrogen-bond acceptors (Lipinski definition) is 16. The van der Waals surface area contributed by atoms with Gasteiger partial charge in [0.25, 0.3) is 0 Å². The molecule has 0 bridgehead atoms. The molecule has 0 spiro atoms. The van der Waals surface area contributed by atoms with Gasteiger partial charge < -0.3 is 81.8 Å². The molecule has 2 fully saturated rings. The van der Waals surface area contributed by atoms with Crippen LogP contribution in [-0.2, 0) is 23.7 Å². The maximum atomic E-state index is 11.2. The molecule has 14 N–H and O–H groups in total. The average Bonchev–Trinajstić information content (AvgIpc) is 2.84. The van der Waals surface area contributed by atoms with Crippen molar-refractivity contribution in [1.82, 2.24) is 0 Å². The molecule has 0 unspecified atom stereocenters. The first-order chi connectivity index (χ1) is 16.0. The maximum Gasteiger partial charge on any atom is 0.176 e. The highest BCUT2D eigenvalue weighted by Gasteiger charge is 2.51. The van der Waals surface area contributed by atoms with E-state index in [9.17, 15) is 40.5 Å². The molecule has 0 aromatic heterocycles. The largest absolute Gasteiger partial charge is 0.394 e. The predicted octanol–water partition coefficient (Wildman–Crippen LogP) is -7.83. The second-order valence-electron chi connectivity index (χ2n) is 8.23. The van der Waals surface area contributed by atoms with E-state index in [4.69, 9.17) is 41.3 Å². The Morgan fingerprint density at radius 2 is 1.44 bits per heavy atom.